The second-order valence-corrected chi connectivity index (χ2v) is 5.57. The normalized spacial score (nSPS) is 17.4. The highest BCUT2D eigenvalue weighted by Gasteiger charge is 2.18. The Hall–Kier alpha value is -2.43. The zero-order valence-electron chi connectivity index (χ0n) is 12.7. The van der Waals surface area contributed by atoms with Crippen LogP contribution < -0.4 is 5.32 Å². The Labute approximate surface area is 130 Å². The van der Waals surface area contributed by atoms with Crippen molar-refractivity contribution in [3.05, 3.63) is 54.3 Å². The fraction of sp³-hybridized carbons (Fsp3) is 0.353. The Morgan fingerprint density at radius 3 is 3.00 bits per heavy atom. The van der Waals surface area contributed by atoms with E-state index in [-0.39, 0.29) is 11.8 Å². The fourth-order valence-corrected chi connectivity index (χ4v) is 2.69. The van der Waals surface area contributed by atoms with Crippen LogP contribution in [0.3, 0.4) is 0 Å². The zero-order valence-corrected chi connectivity index (χ0v) is 12.7. The monoisotopic (exact) mass is 296 g/mol. The first-order valence-corrected chi connectivity index (χ1v) is 7.62. The van der Waals surface area contributed by atoms with E-state index in [0.29, 0.717) is 6.54 Å². The van der Waals surface area contributed by atoms with Crippen molar-refractivity contribution in [1.82, 2.24) is 19.9 Å². The predicted octanol–water partition coefficient (Wildman–Crippen LogP) is 2.55. The maximum Gasteiger partial charge on any atom is 0.223 e. The third-order valence-corrected chi connectivity index (χ3v) is 3.99. The fourth-order valence-electron chi connectivity index (χ4n) is 2.69. The lowest BCUT2D eigenvalue weighted by Crippen LogP contribution is -2.30. The molecule has 5 heteroatoms. The molecule has 1 aliphatic carbocycles. The van der Waals surface area contributed by atoms with Gasteiger partial charge in [-0.2, -0.15) is 0 Å². The lowest BCUT2D eigenvalue weighted by atomic mass is 9.93. The first kappa shape index (κ1) is 14.5. The summed E-state index contributed by atoms with van der Waals surface area (Å²) in [5.74, 6) is 1.97. The SMILES string of the molecule is Cc1nccn1-c1cc(CNC(=O)[C@H]2CC=CCC2)ccn1. The molecule has 0 spiro atoms. The minimum atomic E-state index is 0.113. The van der Waals surface area contributed by atoms with Crippen LogP contribution >= 0.6 is 0 Å². The van der Waals surface area contributed by atoms with E-state index >= 15 is 0 Å². The molecule has 22 heavy (non-hydrogen) atoms. The van der Waals surface area contributed by atoms with Gasteiger partial charge in [0.25, 0.3) is 0 Å². The quantitative estimate of drug-likeness (QED) is 0.882. The highest BCUT2D eigenvalue weighted by molar-refractivity contribution is 5.78. The number of amides is 1. The van der Waals surface area contributed by atoms with Crippen LogP contribution in [0.2, 0.25) is 0 Å². The van der Waals surface area contributed by atoms with Crippen molar-refractivity contribution in [2.45, 2.75) is 32.7 Å². The number of carbonyl (C=O) groups is 1. The molecule has 0 fully saturated rings. The van der Waals surface area contributed by atoms with E-state index in [9.17, 15) is 4.79 Å². The first-order chi connectivity index (χ1) is 10.7. The highest BCUT2D eigenvalue weighted by Crippen LogP contribution is 2.18. The largest absolute Gasteiger partial charge is 0.352 e. The number of imidazole rings is 1. The van der Waals surface area contributed by atoms with Gasteiger partial charge in [-0.15, -0.1) is 0 Å². The number of aryl methyl sites for hydroxylation is 1. The summed E-state index contributed by atoms with van der Waals surface area (Å²) in [5.41, 5.74) is 1.04. The number of hydrogen-bond acceptors (Lipinski definition) is 3. The molecule has 114 valence electrons. The van der Waals surface area contributed by atoms with Gasteiger partial charge in [0.15, 0.2) is 0 Å². The third kappa shape index (κ3) is 3.24. The van der Waals surface area contributed by atoms with Crippen LogP contribution in [-0.4, -0.2) is 20.4 Å². The number of rotatable bonds is 4. The van der Waals surface area contributed by atoms with Crippen molar-refractivity contribution in [2.75, 3.05) is 0 Å². The number of allylic oxidation sites excluding steroid dienone is 2. The molecule has 2 heterocycles. The van der Waals surface area contributed by atoms with Gasteiger partial charge >= 0.3 is 0 Å². The van der Waals surface area contributed by atoms with Crippen LogP contribution in [0, 0.1) is 12.8 Å². The summed E-state index contributed by atoms with van der Waals surface area (Å²) >= 11 is 0. The van der Waals surface area contributed by atoms with Gasteiger partial charge in [-0.05, 0) is 43.9 Å². The Morgan fingerprint density at radius 1 is 1.36 bits per heavy atom. The molecule has 0 radical (unpaired) electrons. The molecule has 1 N–H and O–H groups in total. The molecule has 0 unspecified atom stereocenters. The van der Waals surface area contributed by atoms with E-state index in [1.165, 1.54) is 0 Å². The van der Waals surface area contributed by atoms with Crippen molar-refractivity contribution in [1.29, 1.82) is 0 Å². The van der Waals surface area contributed by atoms with Gasteiger partial charge in [-0.1, -0.05) is 12.2 Å². The molecule has 0 saturated heterocycles. The Bertz CT molecular complexity index is 689. The van der Waals surface area contributed by atoms with Crippen molar-refractivity contribution in [3.63, 3.8) is 0 Å². The number of pyridine rings is 1. The smallest absolute Gasteiger partial charge is 0.223 e. The van der Waals surface area contributed by atoms with E-state index in [2.05, 4.69) is 27.4 Å². The molecular formula is C17H20N4O. The highest BCUT2D eigenvalue weighted by atomic mass is 16.1. The van der Waals surface area contributed by atoms with E-state index in [4.69, 9.17) is 0 Å². The number of hydrogen-bond donors (Lipinski definition) is 1. The number of nitrogens with one attached hydrogen (secondary N) is 1. The lowest BCUT2D eigenvalue weighted by molar-refractivity contribution is -0.125. The average Bonchev–Trinajstić information content (AvgIpc) is 3.00. The molecule has 0 bridgehead atoms. The van der Waals surface area contributed by atoms with Crippen molar-refractivity contribution in [3.8, 4) is 5.82 Å². The van der Waals surface area contributed by atoms with Gasteiger partial charge in [0.2, 0.25) is 5.91 Å². The minimum absolute atomic E-state index is 0.113. The molecule has 2 aromatic rings. The predicted molar refractivity (Wildman–Crippen MR) is 84.4 cm³/mol. The van der Waals surface area contributed by atoms with E-state index in [1.807, 2.05) is 29.8 Å². The zero-order chi connectivity index (χ0) is 15.4. The molecule has 1 amide bonds. The molecule has 1 aliphatic rings. The summed E-state index contributed by atoms with van der Waals surface area (Å²) in [5, 5.41) is 3.03. The van der Waals surface area contributed by atoms with Gasteiger partial charge in [0.1, 0.15) is 11.6 Å². The summed E-state index contributed by atoms with van der Waals surface area (Å²) in [6.45, 7) is 2.47. The Kier molecular flexibility index (Phi) is 4.32. The first-order valence-electron chi connectivity index (χ1n) is 7.62. The van der Waals surface area contributed by atoms with Gasteiger partial charge in [-0.3, -0.25) is 9.36 Å². The summed E-state index contributed by atoms with van der Waals surface area (Å²) in [6.07, 6.45) is 12.4. The molecule has 1 atom stereocenters. The average molecular weight is 296 g/mol. The van der Waals surface area contributed by atoms with E-state index < -0.39 is 0 Å². The number of nitrogens with zero attached hydrogens (tertiary/aromatic N) is 3. The Balaban J connectivity index is 1.65. The minimum Gasteiger partial charge on any atom is -0.352 e. The van der Waals surface area contributed by atoms with Gasteiger partial charge < -0.3 is 5.32 Å². The van der Waals surface area contributed by atoms with Crippen LogP contribution in [0.5, 0.6) is 0 Å². The summed E-state index contributed by atoms with van der Waals surface area (Å²) in [6, 6.07) is 3.91. The van der Waals surface area contributed by atoms with Crippen LogP contribution in [0.25, 0.3) is 5.82 Å². The maximum atomic E-state index is 12.2. The van der Waals surface area contributed by atoms with E-state index in [0.717, 1.165) is 36.5 Å². The number of carbonyl (C=O) groups excluding carboxylic acids is 1. The Morgan fingerprint density at radius 2 is 2.27 bits per heavy atom. The standard InChI is InChI=1S/C17H20N4O/c1-13-18-9-10-21(13)16-11-14(7-8-19-16)12-20-17(22)15-5-3-2-4-6-15/h2-3,7-11,15H,4-6,12H2,1H3,(H,20,22)/t15-/m0/s1. The topological polar surface area (TPSA) is 59.8 Å². The van der Waals surface area contributed by atoms with Crippen molar-refractivity contribution in [2.24, 2.45) is 5.92 Å². The molecule has 3 rings (SSSR count). The maximum absolute atomic E-state index is 12.2. The van der Waals surface area contributed by atoms with Crippen LogP contribution in [0.15, 0.2) is 42.9 Å². The van der Waals surface area contributed by atoms with Crippen molar-refractivity contribution >= 4 is 5.91 Å². The molecule has 0 saturated carbocycles. The second-order valence-electron chi connectivity index (χ2n) is 5.57. The molecular weight excluding hydrogens is 276 g/mol. The van der Waals surface area contributed by atoms with Crippen LogP contribution in [0.4, 0.5) is 0 Å². The summed E-state index contributed by atoms with van der Waals surface area (Å²) < 4.78 is 1.93. The molecule has 2 aromatic heterocycles. The van der Waals surface area contributed by atoms with Crippen LogP contribution in [-0.2, 0) is 11.3 Å². The molecule has 0 aliphatic heterocycles. The third-order valence-electron chi connectivity index (χ3n) is 3.99. The summed E-state index contributed by atoms with van der Waals surface area (Å²) in [7, 11) is 0. The van der Waals surface area contributed by atoms with Gasteiger partial charge in [0, 0.05) is 31.1 Å². The number of aromatic nitrogens is 3. The van der Waals surface area contributed by atoms with E-state index in [1.54, 1.807) is 12.4 Å². The van der Waals surface area contributed by atoms with Gasteiger partial charge in [0.05, 0.1) is 0 Å². The van der Waals surface area contributed by atoms with Gasteiger partial charge in [-0.25, -0.2) is 9.97 Å². The van der Waals surface area contributed by atoms with Crippen molar-refractivity contribution < 1.29 is 4.79 Å². The lowest BCUT2D eigenvalue weighted by Gasteiger charge is -2.17. The van der Waals surface area contributed by atoms with Crippen LogP contribution in [0.1, 0.15) is 30.7 Å². The molecule has 5 nitrogen and oxygen atoms in total. The second kappa shape index (κ2) is 6.56. The molecule has 0 aromatic carbocycles. The summed E-state index contributed by atoms with van der Waals surface area (Å²) in [4.78, 5) is 20.7.